The fourth-order valence-corrected chi connectivity index (χ4v) is 4.94. The lowest BCUT2D eigenvalue weighted by molar-refractivity contribution is -0.137. The van der Waals surface area contributed by atoms with Crippen molar-refractivity contribution in [1.29, 1.82) is 0 Å². The number of nitrogens with one attached hydrogen (secondary N) is 2. The van der Waals surface area contributed by atoms with Gasteiger partial charge in [0.2, 0.25) is 5.91 Å². The first kappa shape index (κ1) is 23.3. The molecule has 2 aliphatic heterocycles. The van der Waals surface area contributed by atoms with Crippen molar-refractivity contribution in [3.63, 3.8) is 0 Å². The summed E-state index contributed by atoms with van der Waals surface area (Å²) in [5.74, 6) is -3.07. The average molecular weight is 492 g/mol. The minimum Gasteiger partial charge on any atom is -0.476 e. The van der Waals surface area contributed by atoms with Crippen molar-refractivity contribution in [2.75, 3.05) is 18.5 Å². The van der Waals surface area contributed by atoms with Gasteiger partial charge in [-0.15, -0.1) is 0 Å². The lowest BCUT2D eigenvalue weighted by atomic mass is 9.83. The molecular weight excluding hydrogens is 469 g/mol. The molecule has 35 heavy (non-hydrogen) atoms. The molecule has 0 radical (unpaired) electrons. The summed E-state index contributed by atoms with van der Waals surface area (Å²) >= 11 is 0. The molecule has 2 unspecified atom stereocenters. The SMILES string of the molecule is O=C(NC1C(=O)Nc2c(c(C(=O)O)nn2C2CCOCC2)C1C1CC1)c1cccc(C(F)(F)F)c1. The molecule has 2 amide bonds. The number of carboxylic acid groups (broad SMARTS) is 1. The number of aromatic nitrogens is 2. The Kier molecular flexibility index (Phi) is 5.78. The number of carboxylic acids is 1. The highest BCUT2D eigenvalue weighted by molar-refractivity contribution is 6.05. The minimum atomic E-state index is -4.63. The second kappa shape index (κ2) is 8.67. The average Bonchev–Trinajstić information content (AvgIpc) is 3.59. The number of carbonyl (C=O) groups is 3. The molecule has 12 heteroatoms. The number of hydrogen-bond acceptors (Lipinski definition) is 5. The zero-order valence-corrected chi connectivity index (χ0v) is 18.5. The summed E-state index contributed by atoms with van der Waals surface area (Å²) in [5.41, 5.74) is -1.07. The molecule has 1 aromatic heterocycles. The number of fused-ring (bicyclic) bond motifs is 1. The summed E-state index contributed by atoms with van der Waals surface area (Å²) in [4.78, 5) is 38.2. The summed E-state index contributed by atoms with van der Waals surface area (Å²) in [6.45, 7) is 0.967. The van der Waals surface area contributed by atoms with Crippen LogP contribution in [0.3, 0.4) is 0 Å². The highest BCUT2D eigenvalue weighted by Crippen LogP contribution is 2.50. The smallest absolute Gasteiger partial charge is 0.416 e. The molecule has 9 nitrogen and oxygen atoms in total. The van der Waals surface area contributed by atoms with E-state index in [-0.39, 0.29) is 23.2 Å². The van der Waals surface area contributed by atoms with Crippen molar-refractivity contribution >= 4 is 23.6 Å². The second-order valence-corrected chi connectivity index (χ2v) is 9.09. The van der Waals surface area contributed by atoms with E-state index in [9.17, 15) is 32.7 Å². The van der Waals surface area contributed by atoms with Gasteiger partial charge >= 0.3 is 12.1 Å². The highest BCUT2D eigenvalue weighted by atomic mass is 19.4. The van der Waals surface area contributed by atoms with Crippen molar-refractivity contribution in [1.82, 2.24) is 15.1 Å². The van der Waals surface area contributed by atoms with E-state index >= 15 is 0 Å². The Balaban J connectivity index is 1.50. The van der Waals surface area contributed by atoms with Gasteiger partial charge in [0.1, 0.15) is 11.9 Å². The molecule has 3 N–H and O–H groups in total. The maximum Gasteiger partial charge on any atom is 0.416 e. The van der Waals surface area contributed by atoms with Gasteiger partial charge in [0.05, 0.1) is 11.6 Å². The van der Waals surface area contributed by atoms with Crippen LogP contribution in [0.5, 0.6) is 0 Å². The standard InChI is InChI=1S/C23H23F3N4O5/c24-23(25,26)13-3-1-2-12(10-13)20(31)27-17-15(11-4-5-11)16-18(22(33)34)29-30(19(16)28-21(17)32)14-6-8-35-9-7-14/h1-3,10-11,14-15,17H,4-9H2,(H,27,31)(H,28,32)(H,33,34). The summed E-state index contributed by atoms with van der Waals surface area (Å²) in [7, 11) is 0. The minimum absolute atomic E-state index is 0.0583. The van der Waals surface area contributed by atoms with E-state index in [1.165, 1.54) is 6.07 Å². The fraction of sp³-hybridized carbons (Fsp3) is 0.478. The number of carbonyl (C=O) groups excluding carboxylic acids is 2. The van der Waals surface area contributed by atoms with Gasteiger partial charge in [0.25, 0.3) is 5.91 Å². The zero-order valence-electron chi connectivity index (χ0n) is 18.5. The van der Waals surface area contributed by atoms with E-state index < -0.39 is 41.5 Å². The van der Waals surface area contributed by atoms with Crippen LogP contribution in [0, 0.1) is 5.92 Å². The molecule has 3 heterocycles. The topological polar surface area (TPSA) is 123 Å². The van der Waals surface area contributed by atoms with E-state index in [2.05, 4.69) is 15.7 Å². The zero-order chi connectivity index (χ0) is 24.9. The number of nitrogens with zero attached hydrogens (tertiary/aromatic N) is 2. The fourth-order valence-electron chi connectivity index (χ4n) is 4.94. The van der Waals surface area contributed by atoms with Crippen molar-refractivity contribution in [3.8, 4) is 0 Å². The van der Waals surface area contributed by atoms with Gasteiger partial charge < -0.3 is 20.5 Å². The van der Waals surface area contributed by atoms with Gasteiger partial charge in [-0.25, -0.2) is 9.48 Å². The number of rotatable bonds is 5. The van der Waals surface area contributed by atoms with Crippen LogP contribution in [0.2, 0.25) is 0 Å². The predicted octanol–water partition coefficient (Wildman–Crippen LogP) is 3.20. The van der Waals surface area contributed by atoms with Crippen LogP contribution in [0.4, 0.5) is 19.0 Å². The number of hydrogen-bond donors (Lipinski definition) is 3. The summed E-state index contributed by atoms with van der Waals surface area (Å²) in [6.07, 6.45) is -1.96. The van der Waals surface area contributed by atoms with Crippen LogP contribution in [0.15, 0.2) is 24.3 Å². The molecule has 1 aliphatic carbocycles. The summed E-state index contributed by atoms with van der Waals surface area (Å²) in [5, 5.41) is 19.5. The van der Waals surface area contributed by atoms with Crippen molar-refractivity contribution in [2.24, 2.45) is 5.92 Å². The summed E-state index contributed by atoms with van der Waals surface area (Å²) in [6, 6.07) is 2.63. The van der Waals surface area contributed by atoms with E-state index in [0.29, 0.717) is 37.4 Å². The molecule has 186 valence electrons. The maximum absolute atomic E-state index is 13.2. The van der Waals surface area contributed by atoms with E-state index in [1.54, 1.807) is 4.68 Å². The van der Waals surface area contributed by atoms with E-state index in [0.717, 1.165) is 31.0 Å². The van der Waals surface area contributed by atoms with Crippen LogP contribution >= 0.6 is 0 Å². The van der Waals surface area contributed by atoms with Crippen molar-refractivity contribution in [3.05, 3.63) is 46.6 Å². The number of alkyl halides is 3. The number of benzene rings is 1. The number of ether oxygens (including phenoxy) is 1. The third kappa shape index (κ3) is 4.38. The van der Waals surface area contributed by atoms with Crippen LogP contribution in [0.1, 0.15) is 69.6 Å². The molecule has 0 spiro atoms. The first-order valence-corrected chi connectivity index (χ1v) is 11.4. The molecule has 5 rings (SSSR count). The summed E-state index contributed by atoms with van der Waals surface area (Å²) < 4.78 is 46.2. The monoisotopic (exact) mass is 492 g/mol. The molecule has 1 saturated heterocycles. The molecular formula is C23H23F3N4O5. The third-order valence-corrected chi connectivity index (χ3v) is 6.77. The van der Waals surface area contributed by atoms with Crippen LogP contribution in [-0.2, 0) is 15.7 Å². The van der Waals surface area contributed by atoms with Gasteiger partial charge in [-0.05, 0) is 49.8 Å². The van der Waals surface area contributed by atoms with Crippen molar-refractivity contribution in [2.45, 2.75) is 49.9 Å². The first-order chi connectivity index (χ1) is 16.6. The first-order valence-electron chi connectivity index (χ1n) is 11.4. The van der Waals surface area contributed by atoms with Gasteiger partial charge in [-0.2, -0.15) is 18.3 Å². The van der Waals surface area contributed by atoms with Gasteiger partial charge in [-0.1, -0.05) is 6.07 Å². The lowest BCUT2D eigenvalue weighted by Crippen LogP contribution is -2.51. The van der Waals surface area contributed by atoms with E-state index in [4.69, 9.17) is 4.74 Å². The molecule has 2 aromatic rings. The molecule has 3 aliphatic rings. The van der Waals surface area contributed by atoms with Gasteiger partial charge in [-0.3, -0.25) is 9.59 Å². The Morgan fingerprint density at radius 3 is 2.51 bits per heavy atom. The van der Waals surface area contributed by atoms with Gasteiger partial charge in [0.15, 0.2) is 5.69 Å². The Hall–Kier alpha value is -3.41. The Bertz CT molecular complexity index is 1180. The molecule has 0 bridgehead atoms. The van der Waals surface area contributed by atoms with Crippen molar-refractivity contribution < 1.29 is 37.4 Å². The van der Waals surface area contributed by atoms with Crippen LogP contribution in [0.25, 0.3) is 0 Å². The Morgan fingerprint density at radius 2 is 1.89 bits per heavy atom. The molecule has 1 saturated carbocycles. The maximum atomic E-state index is 13.2. The molecule has 2 fully saturated rings. The largest absolute Gasteiger partial charge is 0.476 e. The molecule has 1 aromatic carbocycles. The Morgan fingerprint density at radius 1 is 1.17 bits per heavy atom. The van der Waals surface area contributed by atoms with Crippen LogP contribution < -0.4 is 10.6 Å². The number of halogens is 3. The Labute approximate surface area is 197 Å². The number of anilines is 1. The lowest BCUT2D eigenvalue weighted by Gasteiger charge is -2.33. The number of aromatic carboxylic acids is 1. The third-order valence-electron chi connectivity index (χ3n) is 6.77. The predicted molar refractivity (Wildman–Crippen MR) is 115 cm³/mol. The van der Waals surface area contributed by atoms with Gasteiger partial charge in [0, 0.05) is 30.3 Å². The molecule has 2 atom stereocenters. The second-order valence-electron chi connectivity index (χ2n) is 9.09. The normalized spacial score (nSPS) is 22.9. The quantitative estimate of drug-likeness (QED) is 0.589. The number of amides is 2. The van der Waals surface area contributed by atoms with E-state index in [1.807, 2.05) is 0 Å². The highest BCUT2D eigenvalue weighted by Gasteiger charge is 2.49. The van der Waals surface area contributed by atoms with Crippen LogP contribution in [-0.4, -0.2) is 51.9 Å².